The van der Waals surface area contributed by atoms with Gasteiger partial charge in [0.1, 0.15) is 18.5 Å². The number of epoxide rings is 1. The SMILES string of the molecule is CN1C(C)(C)CC(c2ccc(OCC3CO3)cc2)CC1(C)C. The van der Waals surface area contributed by atoms with Gasteiger partial charge in [0.25, 0.3) is 0 Å². The minimum absolute atomic E-state index is 0.227. The zero-order valence-corrected chi connectivity index (χ0v) is 14.6. The number of benzene rings is 1. The number of likely N-dealkylation sites (tertiary alicyclic amines) is 1. The zero-order chi connectivity index (χ0) is 16.0. The normalized spacial score (nSPS) is 27.6. The van der Waals surface area contributed by atoms with Gasteiger partial charge in [-0.2, -0.15) is 0 Å². The first kappa shape index (κ1) is 15.8. The van der Waals surface area contributed by atoms with Gasteiger partial charge < -0.3 is 9.47 Å². The van der Waals surface area contributed by atoms with Crippen LogP contribution in [0.2, 0.25) is 0 Å². The van der Waals surface area contributed by atoms with Crippen LogP contribution in [0.5, 0.6) is 5.75 Å². The summed E-state index contributed by atoms with van der Waals surface area (Å²) < 4.78 is 10.9. The second kappa shape index (κ2) is 5.54. The third kappa shape index (κ3) is 3.31. The molecule has 0 saturated carbocycles. The summed E-state index contributed by atoms with van der Waals surface area (Å²) in [5, 5.41) is 0. The van der Waals surface area contributed by atoms with Crippen molar-refractivity contribution >= 4 is 0 Å². The van der Waals surface area contributed by atoms with Gasteiger partial charge in [-0.3, -0.25) is 4.90 Å². The fourth-order valence-electron chi connectivity index (χ4n) is 3.80. The predicted octanol–water partition coefficient (Wildman–Crippen LogP) is 3.83. The lowest BCUT2D eigenvalue weighted by molar-refractivity contribution is -0.0128. The van der Waals surface area contributed by atoms with Gasteiger partial charge in [0.2, 0.25) is 0 Å². The van der Waals surface area contributed by atoms with E-state index in [-0.39, 0.29) is 11.1 Å². The molecule has 122 valence electrons. The van der Waals surface area contributed by atoms with Gasteiger partial charge in [-0.25, -0.2) is 0 Å². The highest BCUT2D eigenvalue weighted by molar-refractivity contribution is 5.31. The Balaban J connectivity index is 1.70. The van der Waals surface area contributed by atoms with Gasteiger partial charge in [0.05, 0.1) is 6.61 Å². The minimum Gasteiger partial charge on any atom is -0.491 e. The van der Waals surface area contributed by atoms with Crippen molar-refractivity contribution in [2.45, 2.75) is 63.6 Å². The molecule has 3 nitrogen and oxygen atoms in total. The molecule has 2 aliphatic heterocycles. The van der Waals surface area contributed by atoms with Gasteiger partial charge in [0.15, 0.2) is 0 Å². The van der Waals surface area contributed by atoms with E-state index in [1.54, 1.807) is 0 Å². The first-order chi connectivity index (χ1) is 10.3. The van der Waals surface area contributed by atoms with Crippen LogP contribution < -0.4 is 4.74 Å². The van der Waals surface area contributed by atoms with Crippen molar-refractivity contribution in [3.63, 3.8) is 0 Å². The smallest absolute Gasteiger partial charge is 0.119 e. The Morgan fingerprint density at radius 2 is 1.64 bits per heavy atom. The van der Waals surface area contributed by atoms with Crippen LogP contribution in [-0.2, 0) is 4.74 Å². The molecule has 3 heteroatoms. The Labute approximate surface area is 134 Å². The molecule has 0 amide bonds. The number of rotatable bonds is 4. The fraction of sp³-hybridized carbons (Fsp3) is 0.684. The van der Waals surface area contributed by atoms with Crippen LogP contribution in [0.25, 0.3) is 0 Å². The molecular formula is C19H29NO2. The van der Waals surface area contributed by atoms with Gasteiger partial charge >= 0.3 is 0 Å². The lowest BCUT2D eigenvalue weighted by Gasteiger charge is -2.54. The van der Waals surface area contributed by atoms with Gasteiger partial charge in [-0.1, -0.05) is 12.1 Å². The number of hydrogen-bond donors (Lipinski definition) is 0. The third-order valence-electron chi connectivity index (χ3n) is 5.50. The molecule has 2 saturated heterocycles. The molecule has 0 aliphatic carbocycles. The summed E-state index contributed by atoms with van der Waals surface area (Å²) >= 11 is 0. The van der Waals surface area contributed by atoms with Crippen molar-refractivity contribution < 1.29 is 9.47 Å². The van der Waals surface area contributed by atoms with Crippen molar-refractivity contribution in [3.05, 3.63) is 29.8 Å². The highest BCUT2D eigenvalue weighted by Gasteiger charge is 2.43. The van der Waals surface area contributed by atoms with Gasteiger partial charge in [-0.15, -0.1) is 0 Å². The maximum absolute atomic E-state index is 5.74. The first-order valence-corrected chi connectivity index (χ1v) is 8.36. The first-order valence-electron chi connectivity index (χ1n) is 8.36. The zero-order valence-electron chi connectivity index (χ0n) is 14.6. The summed E-state index contributed by atoms with van der Waals surface area (Å²) in [6.45, 7) is 10.9. The summed E-state index contributed by atoms with van der Waals surface area (Å²) in [5.74, 6) is 1.56. The lowest BCUT2D eigenvalue weighted by Crippen LogP contribution is -2.58. The second-order valence-corrected chi connectivity index (χ2v) is 8.12. The molecule has 0 spiro atoms. The van der Waals surface area contributed by atoms with Gasteiger partial charge in [-0.05, 0) is 71.2 Å². The molecule has 2 aliphatic rings. The maximum Gasteiger partial charge on any atom is 0.119 e. The molecule has 0 bridgehead atoms. The van der Waals surface area contributed by atoms with Crippen LogP contribution >= 0.6 is 0 Å². The van der Waals surface area contributed by atoms with Crippen molar-refractivity contribution in [2.24, 2.45) is 0 Å². The summed E-state index contributed by atoms with van der Waals surface area (Å²) in [6.07, 6.45) is 2.71. The molecule has 1 atom stereocenters. The van der Waals surface area contributed by atoms with Gasteiger partial charge in [0, 0.05) is 11.1 Å². The Kier molecular flexibility index (Phi) is 3.98. The van der Waals surface area contributed by atoms with E-state index in [1.165, 1.54) is 18.4 Å². The second-order valence-electron chi connectivity index (χ2n) is 8.12. The van der Waals surface area contributed by atoms with E-state index >= 15 is 0 Å². The van der Waals surface area contributed by atoms with Crippen molar-refractivity contribution in [2.75, 3.05) is 20.3 Å². The predicted molar refractivity (Wildman–Crippen MR) is 89.6 cm³/mol. The monoisotopic (exact) mass is 303 g/mol. The van der Waals surface area contributed by atoms with E-state index in [4.69, 9.17) is 9.47 Å². The summed E-state index contributed by atoms with van der Waals surface area (Å²) in [7, 11) is 2.26. The van der Waals surface area contributed by atoms with Crippen LogP contribution in [0.15, 0.2) is 24.3 Å². The molecule has 22 heavy (non-hydrogen) atoms. The Morgan fingerprint density at radius 3 is 2.14 bits per heavy atom. The average Bonchev–Trinajstić information content (AvgIpc) is 3.26. The largest absolute Gasteiger partial charge is 0.491 e. The Hall–Kier alpha value is -1.06. The lowest BCUT2D eigenvalue weighted by atomic mass is 9.72. The van der Waals surface area contributed by atoms with Crippen molar-refractivity contribution in [1.29, 1.82) is 0 Å². The van der Waals surface area contributed by atoms with Crippen LogP contribution in [0.1, 0.15) is 52.0 Å². The fourth-order valence-corrected chi connectivity index (χ4v) is 3.80. The van der Waals surface area contributed by atoms with E-state index in [2.05, 4.69) is 63.9 Å². The molecule has 1 aromatic carbocycles. The molecule has 1 unspecified atom stereocenters. The topological polar surface area (TPSA) is 25.0 Å². The Morgan fingerprint density at radius 1 is 1.09 bits per heavy atom. The summed E-state index contributed by atoms with van der Waals surface area (Å²) in [4.78, 5) is 2.53. The van der Waals surface area contributed by atoms with E-state index in [0.717, 1.165) is 12.4 Å². The van der Waals surface area contributed by atoms with Crippen LogP contribution in [-0.4, -0.2) is 42.3 Å². The standard InChI is InChI=1S/C19H29NO2/c1-18(2)10-15(11-19(3,4)20(18)5)14-6-8-16(9-7-14)21-12-17-13-22-17/h6-9,15,17H,10-13H2,1-5H3. The molecule has 0 radical (unpaired) electrons. The summed E-state index contributed by atoms with van der Waals surface area (Å²) in [6, 6.07) is 8.70. The number of nitrogens with zero attached hydrogens (tertiary/aromatic N) is 1. The molecule has 0 N–H and O–H groups in total. The van der Waals surface area contributed by atoms with E-state index in [1.807, 2.05) is 0 Å². The Bertz CT molecular complexity index is 499. The van der Waals surface area contributed by atoms with Crippen molar-refractivity contribution in [3.8, 4) is 5.75 Å². The quantitative estimate of drug-likeness (QED) is 0.790. The van der Waals surface area contributed by atoms with Crippen LogP contribution in [0.3, 0.4) is 0 Å². The van der Waals surface area contributed by atoms with E-state index in [0.29, 0.717) is 18.6 Å². The minimum atomic E-state index is 0.227. The molecule has 0 aromatic heterocycles. The van der Waals surface area contributed by atoms with Crippen molar-refractivity contribution in [1.82, 2.24) is 4.90 Å². The van der Waals surface area contributed by atoms with Crippen LogP contribution in [0, 0.1) is 0 Å². The molecule has 3 rings (SSSR count). The highest BCUT2D eigenvalue weighted by Crippen LogP contribution is 2.44. The van der Waals surface area contributed by atoms with Crippen LogP contribution in [0.4, 0.5) is 0 Å². The maximum atomic E-state index is 5.74. The molecule has 2 heterocycles. The molecular weight excluding hydrogens is 274 g/mol. The molecule has 2 fully saturated rings. The highest BCUT2D eigenvalue weighted by atomic mass is 16.6. The number of ether oxygens (including phenoxy) is 2. The summed E-state index contributed by atoms with van der Waals surface area (Å²) in [5.41, 5.74) is 1.89. The third-order valence-corrected chi connectivity index (χ3v) is 5.50. The molecule has 1 aromatic rings. The van der Waals surface area contributed by atoms with E-state index in [9.17, 15) is 0 Å². The number of hydrogen-bond acceptors (Lipinski definition) is 3. The average molecular weight is 303 g/mol. The number of piperidine rings is 1. The van der Waals surface area contributed by atoms with E-state index < -0.39 is 0 Å².